The molecule has 21 heavy (non-hydrogen) atoms. The minimum Gasteiger partial charge on any atom is -0.491 e. The fourth-order valence-electron chi connectivity index (χ4n) is 2.47. The summed E-state index contributed by atoms with van der Waals surface area (Å²) in [6, 6.07) is 7.20. The van der Waals surface area contributed by atoms with Gasteiger partial charge in [-0.05, 0) is 39.0 Å². The molecular formula is C16H23NO4. The SMILES string of the molecule is CC(C)Oc1cccc(C(=O)N2CC(C)OC(CO)C2)c1. The molecule has 1 fully saturated rings. The normalized spacial score (nSPS) is 22.4. The van der Waals surface area contributed by atoms with Gasteiger partial charge in [0.1, 0.15) is 5.75 Å². The summed E-state index contributed by atoms with van der Waals surface area (Å²) >= 11 is 0. The second-order valence-corrected chi connectivity index (χ2v) is 5.66. The molecule has 0 aromatic heterocycles. The lowest BCUT2D eigenvalue weighted by Crippen LogP contribution is -2.50. The monoisotopic (exact) mass is 293 g/mol. The average molecular weight is 293 g/mol. The van der Waals surface area contributed by atoms with E-state index in [-0.39, 0.29) is 30.8 Å². The van der Waals surface area contributed by atoms with E-state index in [0.29, 0.717) is 24.4 Å². The average Bonchev–Trinajstić information content (AvgIpc) is 2.45. The number of ether oxygens (including phenoxy) is 2. The molecule has 2 atom stereocenters. The van der Waals surface area contributed by atoms with Gasteiger partial charge in [-0.25, -0.2) is 0 Å². The first-order valence-electron chi connectivity index (χ1n) is 7.32. The zero-order chi connectivity index (χ0) is 15.4. The lowest BCUT2D eigenvalue weighted by Gasteiger charge is -2.36. The van der Waals surface area contributed by atoms with Gasteiger partial charge in [0.05, 0.1) is 24.9 Å². The van der Waals surface area contributed by atoms with Crippen molar-refractivity contribution in [3.63, 3.8) is 0 Å². The standard InChI is InChI=1S/C16H23NO4/c1-11(2)20-14-6-4-5-13(7-14)16(19)17-8-12(3)21-15(9-17)10-18/h4-7,11-12,15,18H,8-10H2,1-3H3. The molecule has 1 aromatic carbocycles. The van der Waals surface area contributed by atoms with Crippen LogP contribution < -0.4 is 4.74 Å². The van der Waals surface area contributed by atoms with Gasteiger partial charge in [0.15, 0.2) is 0 Å². The molecule has 1 N–H and O–H groups in total. The van der Waals surface area contributed by atoms with E-state index in [1.165, 1.54) is 0 Å². The van der Waals surface area contributed by atoms with E-state index >= 15 is 0 Å². The third kappa shape index (κ3) is 4.19. The van der Waals surface area contributed by atoms with E-state index < -0.39 is 0 Å². The molecule has 1 aliphatic heterocycles. The highest BCUT2D eigenvalue weighted by atomic mass is 16.5. The molecule has 1 aliphatic rings. The molecule has 5 nitrogen and oxygen atoms in total. The number of nitrogens with zero attached hydrogens (tertiary/aromatic N) is 1. The van der Waals surface area contributed by atoms with E-state index in [2.05, 4.69) is 0 Å². The first-order valence-corrected chi connectivity index (χ1v) is 7.32. The van der Waals surface area contributed by atoms with E-state index in [1.807, 2.05) is 32.9 Å². The highest BCUT2D eigenvalue weighted by Crippen LogP contribution is 2.19. The summed E-state index contributed by atoms with van der Waals surface area (Å²) in [5.41, 5.74) is 0.596. The zero-order valence-electron chi connectivity index (χ0n) is 12.8. The first kappa shape index (κ1) is 15.8. The second-order valence-electron chi connectivity index (χ2n) is 5.66. The smallest absolute Gasteiger partial charge is 0.254 e. The molecule has 0 aliphatic carbocycles. The molecule has 0 radical (unpaired) electrons. The van der Waals surface area contributed by atoms with Gasteiger partial charge in [-0.15, -0.1) is 0 Å². The lowest BCUT2D eigenvalue weighted by atomic mass is 10.1. The molecule has 0 spiro atoms. The van der Waals surface area contributed by atoms with Gasteiger partial charge in [-0.2, -0.15) is 0 Å². The second kappa shape index (κ2) is 6.91. The molecule has 1 aromatic rings. The van der Waals surface area contributed by atoms with Gasteiger partial charge in [0.25, 0.3) is 5.91 Å². The summed E-state index contributed by atoms with van der Waals surface area (Å²) in [4.78, 5) is 14.3. The number of hydrogen-bond donors (Lipinski definition) is 1. The van der Waals surface area contributed by atoms with Crippen molar-refractivity contribution in [1.82, 2.24) is 4.90 Å². The Morgan fingerprint density at radius 2 is 2.24 bits per heavy atom. The highest BCUT2D eigenvalue weighted by Gasteiger charge is 2.28. The maximum atomic E-state index is 12.6. The Bertz CT molecular complexity index is 489. The van der Waals surface area contributed by atoms with Crippen LogP contribution in [0.2, 0.25) is 0 Å². The molecule has 2 rings (SSSR count). The van der Waals surface area contributed by atoms with E-state index in [1.54, 1.807) is 17.0 Å². The Hall–Kier alpha value is -1.59. The number of rotatable bonds is 4. The first-order chi connectivity index (χ1) is 9.99. The highest BCUT2D eigenvalue weighted by molar-refractivity contribution is 5.94. The predicted molar refractivity (Wildman–Crippen MR) is 79.5 cm³/mol. The van der Waals surface area contributed by atoms with Crippen LogP contribution in [0.1, 0.15) is 31.1 Å². The van der Waals surface area contributed by atoms with Gasteiger partial charge in [-0.1, -0.05) is 6.07 Å². The Kier molecular flexibility index (Phi) is 5.20. The van der Waals surface area contributed by atoms with Crippen molar-refractivity contribution in [2.45, 2.75) is 39.1 Å². The number of hydrogen-bond acceptors (Lipinski definition) is 4. The molecule has 1 saturated heterocycles. The van der Waals surface area contributed by atoms with E-state index in [0.717, 1.165) is 0 Å². The van der Waals surface area contributed by atoms with Crippen molar-refractivity contribution in [3.8, 4) is 5.75 Å². The number of aliphatic hydroxyl groups excluding tert-OH is 1. The van der Waals surface area contributed by atoms with Gasteiger partial charge in [0, 0.05) is 18.7 Å². The van der Waals surface area contributed by atoms with Crippen molar-refractivity contribution >= 4 is 5.91 Å². The van der Waals surface area contributed by atoms with Crippen molar-refractivity contribution < 1.29 is 19.4 Å². The number of aliphatic hydroxyl groups is 1. The number of amides is 1. The molecule has 116 valence electrons. The van der Waals surface area contributed by atoms with Gasteiger partial charge < -0.3 is 19.5 Å². The predicted octanol–water partition coefficient (Wildman–Crippen LogP) is 1.70. The van der Waals surface area contributed by atoms with E-state index in [4.69, 9.17) is 9.47 Å². The fraction of sp³-hybridized carbons (Fsp3) is 0.562. The maximum Gasteiger partial charge on any atom is 0.254 e. The van der Waals surface area contributed by atoms with Crippen LogP contribution in [0.15, 0.2) is 24.3 Å². The number of morpholine rings is 1. The largest absolute Gasteiger partial charge is 0.491 e. The summed E-state index contributed by atoms with van der Waals surface area (Å²) < 4.78 is 11.2. The fourth-order valence-corrected chi connectivity index (χ4v) is 2.47. The number of carbonyl (C=O) groups excluding carboxylic acids is 1. The van der Waals surface area contributed by atoms with Crippen molar-refractivity contribution in [1.29, 1.82) is 0 Å². The summed E-state index contributed by atoms with van der Waals surface area (Å²) in [5, 5.41) is 9.24. The minimum atomic E-state index is -0.312. The molecule has 0 bridgehead atoms. The maximum absolute atomic E-state index is 12.6. The van der Waals surface area contributed by atoms with Crippen molar-refractivity contribution in [2.75, 3.05) is 19.7 Å². The summed E-state index contributed by atoms with van der Waals surface area (Å²) in [7, 11) is 0. The molecular weight excluding hydrogens is 270 g/mol. The summed E-state index contributed by atoms with van der Waals surface area (Å²) in [6.07, 6.45) is -0.319. The van der Waals surface area contributed by atoms with Crippen LogP contribution in [-0.2, 0) is 4.74 Å². The quantitative estimate of drug-likeness (QED) is 0.918. The van der Waals surface area contributed by atoms with Gasteiger partial charge >= 0.3 is 0 Å². The van der Waals surface area contributed by atoms with Crippen LogP contribution in [0.4, 0.5) is 0 Å². The van der Waals surface area contributed by atoms with Gasteiger partial charge in [-0.3, -0.25) is 4.79 Å². The number of benzene rings is 1. The number of carbonyl (C=O) groups is 1. The molecule has 2 unspecified atom stereocenters. The van der Waals surface area contributed by atoms with Crippen LogP contribution >= 0.6 is 0 Å². The topological polar surface area (TPSA) is 59.0 Å². The molecule has 1 amide bonds. The summed E-state index contributed by atoms with van der Waals surface area (Å²) in [5.74, 6) is 0.633. The van der Waals surface area contributed by atoms with Crippen LogP contribution in [-0.4, -0.2) is 53.9 Å². The summed E-state index contributed by atoms with van der Waals surface area (Å²) in [6.45, 7) is 6.67. The Labute approximate surface area is 125 Å². The van der Waals surface area contributed by atoms with E-state index in [9.17, 15) is 9.90 Å². The minimum absolute atomic E-state index is 0.0576. The van der Waals surface area contributed by atoms with Crippen molar-refractivity contribution in [2.24, 2.45) is 0 Å². The van der Waals surface area contributed by atoms with Crippen LogP contribution in [0, 0.1) is 0 Å². The third-order valence-electron chi connectivity index (χ3n) is 3.27. The van der Waals surface area contributed by atoms with Crippen molar-refractivity contribution in [3.05, 3.63) is 29.8 Å². The van der Waals surface area contributed by atoms with Crippen LogP contribution in [0.5, 0.6) is 5.75 Å². The Morgan fingerprint density at radius 3 is 2.90 bits per heavy atom. The molecule has 5 heteroatoms. The molecule has 1 heterocycles. The van der Waals surface area contributed by atoms with Crippen LogP contribution in [0.3, 0.4) is 0 Å². The van der Waals surface area contributed by atoms with Gasteiger partial charge in [0.2, 0.25) is 0 Å². The molecule has 0 saturated carbocycles. The zero-order valence-corrected chi connectivity index (χ0v) is 12.8. The Balaban J connectivity index is 2.11. The van der Waals surface area contributed by atoms with Crippen LogP contribution in [0.25, 0.3) is 0 Å². The third-order valence-corrected chi connectivity index (χ3v) is 3.27. The lowest BCUT2D eigenvalue weighted by molar-refractivity contribution is -0.0858. The Morgan fingerprint density at radius 1 is 1.48 bits per heavy atom.